The molecular formula is C23H28N2O5. The lowest BCUT2D eigenvalue weighted by Crippen LogP contribution is -2.49. The molecule has 2 heterocycles. The Labute approximate surface area is 176 Å². The first kappa shape index (κ1) is 20.5. The van der Waals surface area contributed by atoms with E-state index in [9.17, 15) is 9.59 Å². The van der Waals surface area contributed by atoms with Gasteiger partial charge in [-0.2, -0.15) is 0 Å². The van der Waals surface area contributed by atoms with Gasteiger partial charge in [0, 0.05) is 51.1 Å². The molecule has 1 aliphatic heterocycles. The van der Waals surface area contributed by atoms with Crippen molar-refractivity contribution in [3.8, 4) is 11.5 Å². The molecule has 30 heavy (non-hydrogen) atoms. The van der Waals surface area contributed by atoms with Crippen molar-refractivity contribution in [1.82, 2.24) is 9.80 Å². The number of aryl methyl sites for hydroxylation is 1. The summed E-state index contributed by atoms with van der Waals surface area (Å²) in [4.78, 5) is 29.3. The number of piperazine rings is 1. The predicted molar refractivity (Wildman–Crippen MR) is 112 cm³/mol. The number of hydrogen-bond donors (Lipinski definition) is 0. The summed E-state index contributed by atoms with van der Waals surface area (Å²) in [5.74, 6) is 2.63. The highest BCUT2D eigenvalue weighted by Gasteiger charge is 2.31. The summed E-state index contributed by atoms with van der Waals surface area (Å²) >= 11 is 0. The van der Waals surface area contributed by atoms with Crippen molar-refractivity contribution in [2.45, 2.75) is 26.2 Å². The number of hydrogen-bond acceptors (Lipinski definition) is 6. The molecule has 0 radical (unpaired) electrons. The van der Waals surface area contributed by atoms with Crippen molar-refractivity contribution in [3.63, 3.8) is 0 Å². The van der Waals surface area contributed by atoms with E-state index in [0.29, 0.717) is 48.8 Å². The quantitative estimate of drug-likeness (QED) is 0.726. The molecule has 0 unspecified atom stereocenters. The zero-order valence-corrected chi connectivity index (χ0v) is 17.6. The first-order chi connectivity index (χ1) is 14.6. The van der Waals surface area contributed by atoms with Crippen LogP contribution >= 0.6 is 0 Å². The van der Waals surface area contributed by atoms with Crippen molar-refractivity contribution in [1.29, 1.82) is 0 Å². The van der Waals surface area contributed by atoms with Crippen molar-refractivity contribution >= 4 is 11.7 Å². The Balaban J connectivity index is 1.27. The summed E-state index contributed by atoms with van der Waals surface area (Å²) in [6, 6.07) is 7.54. The first-order valence-electron chi connectivity index (χ1n) is 10.5. The van der Waals surface area contributed by atoms with E-state index in [-0.39, 0.29) is 11.7 Å². The number of Topliss-reactive ketones (excluding diaryl/α,β-unsaturated/α-hetero) is 1. The number of rotatable bonds is 6. The van der Waals surface area contributed by atoms with Crippen LogP contribution in [0, 0.1) is 6.92 Å². The van der Waals surface area contributed by atoms with E-state index in [1.165, 1.54) is 0 Å². The molecule has 1 aromatic carbocycles. The Morgan fingerprint density at radius 3 is 2.43 bits per heavy atom. The Morgan fingerprint density at radius 2 is 1.77 bits per heavy atom. The van der Waals surface area contributed by atoms with Gasteiger partial charge in [-0.05, 0) is 37.6 Å². The summed E-state index contributed by atoms with van der Waals surface area (Å²) in [5, 5.41) is 0. The van der Waals surface area contributed by atoms with Gasteiger partial charge in [-0.3, -0.25) is 14.5 Å². The predicted octanol–water partition coefficient (Wildman–Crippen LogP) is 2.95. The lowest BCUT2D eigenvalue weighted by molar-refractivity contribution is 0.0587. The van der Waals surface area contributed by atoms with Crippen molar-refractivity contribution in [3.05, 3.63) is 46.9 Å². The number of amides is 1. The van der Waals surface area contributed by atoms with E-state index in [0.717, 1.165) is 44.0 Å². The topological polar surface area (TPSA) is 72.2 Å². The number of nitrogens with zero attached hydrogens (tertiary/aromatic N) is 2. The fourth-order valence-electron chi connectivity index (χ4n) is 4.14. The summed E-state index contributed by atoms with van der Waals surface area (Å²) in [6.07, 6.45) is 2.07. The number of methoxy groups -OCH3 is 1. The second kappa shape index (κ2) is 8.92. The molecule has 1 aromatic heterocycles. The van der Waals surface area contributed by atoms with Crippen LogP contribution < -0.4 is 9.47 Å². The third-order valence-electron chi connectivity index (χ3n) is 5.90. The van der Waals surface area contributed by atoms with Crippen LogP contribution in [0.3, 0.4) is 0 Å². The average Bonchev–Trinajstić information content (AvgIpc) is 3.12. The van der Waals surface area contributed by atoms with E-state index < -0.39 is 0 Å². The summed E-state index contributed by atoms with van der Waals surface area (Å²) in [5.41, 5.74) is 1.34. The lowest BCUT2D eigenvalue weighted by Gasteiger charge is -2.34. The maximum atomic E-state index is 13.0. The van der Waals surface area contributed by atoms with Crippen molar-refractivity contribution < 1.29 is 23.5 Å². The highest BCUT2D eigenvalue weighted by molar-refractivity contribution is 6.03. The largest absolute Gasteiger partial charge is 0.497 e. The highest BCUT2D eigenvalue weighted by Crippen LogP contribution is 2.30. The van der Waals surface area contributed by atoms with Crippen molar-refractivity contribution in [2.75, 3.05) is 46.4 Å². The second-order valence-electron chi connectivity index (χ2n) is 7.79. The van der Waals surface area contributed by atoms with Gasteiger partial charge in [0.05, 0.1) is 12.7 Å². The number of carbonyl (C=O) groups excluding carboxylic acids is 2. The molecule has 0 N–H and O–H groups in total. The third kappa shape index (κ3) is 4.21. The molecule has 160 valence electrons. The van der Waals surface area contributed by atoms with E-state index in [4.69, 9.17) is 13.9 Å². The number of carbonyl (C=O) groups is 2. The maximum absolute atomic E-state index is 13.0. The number of fused-ring (bicyclic) bond motifs is 1. The lowest BCUT2D eigenvalue weighted by atomic mass is 9.94. The summed E-state index contributed by atoms with van der Waals surface area (Å²) in [7, 11) is 1.64. The molecule has 1 fully saturated rings. The average molecular weight is 412 g/mol. The molecule has 0 atom stereocenters. The van der Waals surface area contributed by atoms with Gasteiger partial charge in [0.25, 0.3) is 5.91 Å². The molecule has 0 bridgehead atoms. The van der Waals surface area contributed by atoms with Gasteiger partial charge in [0.1, 0.15) is 23.9 Å². The maximum Gasteiger partial charge on any atom is 0.289 e. The van der Waals surface area contributed by atoms with Gasteiger partial charge in [0.2, 0.25) is 0 Å². The van der Waals surface area contributed by atoms with E-state index in [2.05, 4.69) is 4.90 Å². The van der Waals surface area contributed by atoms with Gasteiger partial charge in [0.15, 0.2) is 11.5 Å². The monoisotopic (exact) mass is 412 g/mol. The van der Waals surface area contributed by atoms with Gasteiger partial charge in [-0.1, -0.05) is 0 Å². The van der Waals surface area contributed by atoms with Crippen LogP contribution in [0.15, 0.2) is 28.7 Å². The fraction of sp³-hybridized carbons (Fsp3) is 0.478. The SMILES string of the molecule is COc1ccc(OCCN2CCN(C(=O)c3oc4c(c3C)C(=O)CCC4)CC2)cc1. The minimum absolute atomic E-state index is 0.0956. The number of benzene rings is 1. The van der Waals surface area contributed by atoms with E-state index >= 15 is 0 Å². The highest BCUT2D eigenvalue weighted by atomic mass is 16.5. The molecule has 7 heteroatoms. The molecule has 0 saturated carbocycles. The molecular weight excluding hydrogens is 384 g/mol. The summed E-state index contributed by atoms with van der Waals surface area (Å²) in [6.45, 7) is 6.07. The molecule has 2 aliphatic rings. The van der Waals surface area contributed by atoms with Crippen LogP contribution in [0.1, 0.15) is 45.1 Å². The molecule has 1 saturated heterocycles. The Bertz CT molecular complexity index is 910. The minimum Gasteiger partial charge on any atom is -0.497 e. The van der Waals surface area contributed by atoms with Crippen LogP contribution in [-0.4, -0.2) is 67.9 Å². The van der Waals surface area contributed by atoms with Gasteiger partial charge in [-0.15, -0.1) is 0 Å². The molecule has 0 spiro atoms. The number of ether oxygens (including phenoxy) is 2. The van der Waals surface area contributed by atoms with Gasteiger partial charge >= 0.3 is 0 Å². The Kier molecular flexibility index (Phi) is 6.08. The van der Waals surface area contributed by atoms with Crippen LogP contribution in [-0.2, 0) is 6.42 Å². The van der Waals surface area contributed by atoms with Crippen LogP contribution in [0.2, 0.25) is 0 Å². The van der Waals surface area contributed by atoms with Gasteiger partial charge < -0.3 is 18.8 Å². The van der Waals surface area contributed by atoms with Gasteiger partial charge in [-0.25, -0.2) is 0 Å². The number of ketones is 1. The summed E-state index contributed by atoms with van der Waals surface area (Å²) < 4.78 is 16.8. The minimum atomic E-state index is -0.108. The standard InChI is InChI=1S/C23H28N2O5/c1-16-21-19(26)4-3-5-20(21)30-22(16)23(27)25-12-10-24(11-13-25)14-15-29-18-8-6-17(28-2)7-9-18/h6-9H,3-5,10-15H2,1-2H3. The van der Waals surface area contributed by atoms with Crippen molar-refractivity contribution in [2.24, 2.45) is 0 Å². The Morgan fingerprint density at radius 1 is 1.07 bits per heavy atom. The van der Waals surface area contributed by atoms with E-state index in [1.54, 1.807) is 7.11 Å². The first-order valence-corrected chi connectivity index (χ1v) is 10.5. The normalized spacial score (nSPS) is 17.0. The smallest absolute Gasteiger partial charge is 0.289 e. The fourth-order valence-corrected chi connectivity index (χ4v) is 4.14. The third-order valence-corrected chi connectivity index (χ3v) is 5.90. The molecule has 1 aliphatic carbocycles. The number of furan rings is 1. The van der Waals surface area contributed by atoms with E-state index in [1.807, 2.05) is 36.1 Å². The molecule has 1 amide bonds. The van der Waals surface area contributed by atoms with Crippen LogP contribution in [0.25, 0.3) is 0 Å². The van der Waals surface area contributed by atoms with Crippen LogP contribution in [0.5, 0.6) is 11.5 Å². The molecule has 2 aromatic rings. The second-order valence-corrected chi connectivity index (χ2v) is 7.79. The zero-order chi connectivity index (χ0) is 21.1. The van der Waals surface area contributed by atoms with Crippen LogP contribution in [0.4, 0.5) is 0 Å². The zero-order valence-electron chi connectivity index (χ0n) is 17.6. The Hall–Kier alpha value is -2.80. The molecule has 7 nitrogen and oxygen atoms in total. The molecule has 4 rings (SSSR count).